The third-order valence-electron chi connectivity index (χ3n) is 18.8. The van der Waals surface area contributed by atoms with Crippen LogP contribution in [0.1, 0.15) is 66.1 Å². The number of amides is 13. The average Bonchev–Trinajstić information content (AvgIpc) is 1.78. The number of H-pyrrole nitrogens is 2. The fourth-order valence-electron chi connectivity index (χ4n) is 12.7. The lowest BCUT2D eigenvalue weighted by atomic mass is 10.00. The van der Waals surface area contributed by atoms with Gasteiger partial charge in [0.15, 0.2) is 0 Å². The number of phenols is 2. The van der Waals surface area contributed by atoms with Gasteiger partial charge in [-0.3, -0.25) is 62.3 Å². The van der Waals surface area contributed by atoms with Gasteiger partial charge in [0.05, 0.1) is 30.2 Å². The molecular formula is C77H94N18O15S3. The van der Waals surface area contributed by atoms with Gasteiger partial charge in [0.25, 0.3) is 0 Å². The molecule has 2 bridgehead atoms. The first kappa shape index (κ1) is 85.5. The highest BCUT2D eigenvalue weighted by atomic mass is 33.1. The minimum Gasteiger partial charge on any atom is -0.508 e. The summed E-state index contributed by atoms with van der Waals surface area (Å²) in [6.45, 7) is 1.18. The number of fused-ring (bicyclic) bond motifs is 32. The molecule has 3 fully saturated rings. The zero-order valence-electron chi connectivity index (χ0n) is 61.8. The normalized spacial score (nSPS) is 22.4. The molecule has 7 aromatic rings. The van der Waals surface area contributed by atoms with E-state index in [9.17, 15) is 43.8 Å². The Morgan fingerprint density at radius 1 is 0.584 bits per heavy atom. The maximum atomic E-state index is 15.4. The number of unbranched alkanes of at least 4 members (excludes halogenated alkanes) is 1. The lowest BCUT2D eigenvalue weighted by molar-refractivity contribution is -0.141. The molecule has 36 heteroatoms. The van der Waals surface area contributed by atoms with Gasteiger partial charge in [0.1, 0.15) is 71.9 Å². The van der Waals surface area contributed by atoms with Crippen LogP contribution in [0.5, 0.6) is 11.5 Å². The zero-order chi connectivity index (χ0) is 81.1. The minimum absolute atomic E-state index is 0.0496. The molecule has 22 N–H and O–H groups in total. The number of para-hydroxylation sites is 1. The number of primary amides is 2. The molecule has 33 nitrogen and oxygen atoms in total. The minimum atomic E-state index is -1.81. The Labute approximate surface area is 662 Å². The molecular weight excluding hydrogens is 1510 g/mol. The molecule has 5 heterocycles. The first-order valence-corrected chi connectivity index (χ1v) is 40.3. The van der Waals surface area contributed by atoms with Crippen molar-refractivity contribution in [2.75, 3.05) is 36.1 Å². The van der Waals surface area contributed by atoms with Crippen LogP contribution >= 0.6 is 33.3 Å². The van der Waals surface area contributed by atoms with Crippen LogP contribution < -0.4 is 76.1 Å². The smallest absolute Gasteiger partial charge is 0.244 e. The van der Waals surface area contributed by atoms with Gasteiger partial charge in [-0.1, -0.05) is 131 Å². The molecule has 3 saturated heterocycles. The molecule has 5 aromatic carbocycles. The average molecular weight is 1610 g/mol. The summed E-state index contributed by atoms with van der Waals surface area (Å²) in [5.41, 5.74) is 27.7. The van der Waals surface area contributed by atoms with E-state index < -0.39 is 156 Å². The number of aromatic amines is 2. The lowest BCUT2D eigenvalue weighted by Crippen LogP contribution is -2.62. The number of nitrogens with two attached hydrogens (primary N) is 4. The maximum Gasteiger partial charge on any atom is 0.244 e. The van der Waals surface area contributed by atoms with Crippen LogP contribution in [0.25, 0.3) is 10.9 Å². The number of nitrogens with zero attached hydrogens (tertiary/aromatic N) is 2. The van der Waals surface area contributed by atoms with Gasteiger partial charge in [0, 0.05) is 85.2 Å². The molecule has 13 amide bonds. The molecule has 12 atom stereocenters. The molecule has 3 aliphatic heterocycles. The topological polar surface area (TPSA) is 534 Å². The van der Waals surface area contributed by atoms with Crippen LogP contribution in [0, 0.1) is 0 Å². The number of benzene rings is 5. The number of hydrogen-bond donors (Lipinski definition) is 18. The molecule has 2 aromatic heterocycles. The highest BCUT2D eigenvalue weighted by Gasteiger charge is 2.40. The predicted octanol–water partition coefficient (Wildman–Crippen LogP) is -0.918. The summed E-state index contributed by atoms with van der Waals surface area (Å²) in [6.07, 6.45) is 3.49. The second-order valence-electron chi connectivity index (χ2n) is 27.5. The lowest BCUT2D eigenvalue weighted by Gasteiger charge is -2.36. The summed E-state index contributed by atoms with van der Waals surface area (Å²) in [5.74, 6) is -13.5. The molecule has 600 valence electrons. The first-order chi connectivity index (χ1) is 54.3. The van der Waals surface area contributed by atoms with E-state index in [2.05, 4.69) is 68.1 Å². The van der Waals surface area contributed by atoms with Crippen molar-refractivity contribution in [2.45, 2.75) is 144 Å². The van der Waals surface area contributed by atoms with Crippen molar-refractivity contribution >= 4 is 121 Å². The highest BCUT2D eigenvalue weighted by Crippen LogP contribution is 2.27. The Hall–Kier alpha value is -11.5. The SMILES string of the molecule is C[C@@H]1NC(=O)[C@H](CC(N)=O)NC(=O)[C@H](Cc2c[nH]c3ccccc23)N2C[C@H](CCCCN)NC(=O)[C@@H](CSCC2=O)NC(=O)[C@@H](Cc2ccccc2)NC(=O)[C@H](Cc2c[nH]cn2)NC(=O)[C@@H](NC(=O)[C@@H](N)Cc2ccc(O)cc2)CSSC[C@@H](C(=O)N[C@@H](Cc2ccc(O)cc2)C(N)=O)NC(=O)[C@H](Cc2ccccc2)NC1=O. The predicted molar refractivity (Wildman–Crippen MR) is 425 cm³/mol. The van der Waals surface area contributed by atoms with Crippen molar-refractivity contribution < 1.29 is 72.5 Å². The van der Waals surface area contributed by atoms with Crippen molar-refractivity contribution in [3.05, 3.63) is 186 Å². The Balaban J connectivity index is 1.12. The third kappa shape index (κ3) is 26.1. The van der Waals surface area contributed by atoms with Crippen molar-refractivity contribution in [1.29, 1.82) is 0 Å². The molecule has 0 spiro atoms. The van der Waals surface area contributed by atoms with Crippen molar-refractivity contribution in [3.8, 4) is 11.5 Å². The number of thioether (sulfide) groups is 1. The number of carbonyl (C=O) groups excluding carboxylic acids is 13. The van der Waals surface area contributed by atoms with Crippen LogP contribution in [0.4, 0.5) is 0 Å². The summed E-state index contributed by atoms with van der Waals surface area (Å²) in [4.78, 5) is 202. The second kappa shape index (κ2) is 42.2. The van der Waals surface area contributed by atoms with Gasteiger partial charge in [0.2, 0.25) is 76.8 Å². The summed E-state index contributed by atoms with van der Waals surface area (Å²) in [6, 6.07) is 17.9. The van der Waals surface area contributed by atoms with Gasteiger partial charge in [-0.25, -0.2) is 4.98 Å². The standard InChI is InChI=1S/C77H94N18O15S3/c1-43-68(101)88-57(30-44-12-4-2-5-13-44)71(104)94-63(75(108)87-56(67(81)100)29-47-21-25-52(97)26-22-47)40-113-112-39-62(92-69(102)54(79)28-46-19-23-51(96)24-20-46)76(109)90-59(33-50-36-82-42-84-50)73(106)89-58(31-45-14-6-3-7-15-45)72(105)93-61-38-111-41-66(99)95(37-49(86-74(61)107)16-10-11-27-78)64(32-48-35-83-55-18-9-8-17-53(48)55)77(110)91-60(34-65(80)98)70(103)85-43/h2-9,12-15,17-26,35-36,42-43,49,54,56-64,83,96-97H,10-11,16,27-34,37-41,78-79H2,1H3,(H2,80,98)(H2,81,100)(H,82,84)(H,85,103)(H,86,107)(H,87,108)(H,88,101)(H,89,106)(H,90,109)(H,91,110)(H,92,102)(H,93,105)(H,94,104)/t43-,49-,54-,56-,57-,58+,59-,60-,61+,62-,63-,64-/m0/s1. The Morgan fingerprint density at radius 3 is 1.79 bits per heavy atom. The Bertz CT molecular complexity index is 4450. The van der Waals surface area contributed by atoms with Crippen LogP contribution in [-0.2, 0) is 101 Å². The number of aromatic hydroxyl groups is 2. The van der Waals surface area contributed by atoms with Gasteiger partial charge < -0.3 is 101 Å². The number of imidazole rings is 1. The van der Waals surface area contributed by atoms with Gasteiger partial charge in [-0.15, -0.1) is 11.8 Å². The number of phenolic OH excluding ortho intramolecular Hbond substituents is 2. The summed E-state index contributed by atoms with van der Waals surface area (Å²) in [7, 11) is 1.81. The fraction of sp³-hybridized carbons (Fsp3) is 0.377. The number of rotatable bonds is 23. The molecule has 0 aliphatic carbocycles. The van der Waals surface area contributed by atoms with Crippen LogP contribution in [-0.4, -0.2) is 215 Å². The van der Waals surface area contributed by atoms with E-state index in [0.717, 1.165) is 33.3 Å². The maximum absolute atomic E-state index is 15.4. The van der Waals surface area contributed by atoms with E-state index in [1.54, 1.807) is 103 Å². The second-order valence-corrected chi connectivity index (χ2v) is 31.1. The number of carbonyl (C=O) groups is 13. The number of nitrogens with one attached hydrogen (secondary N) is 12. The van der Waals surface area contributed by atoms with E-state index in [1.807, 2.05) is 0 Å². The van der Waals surface area contributed by atoms with Gasteiger partial charge in [-0.2, -0.15) is 0 Å². The van der Waals surface area contributed by atoms with E-state index in [0.29, 0.717) is 51.6 Å². The van der Waals surface area contributed by atoms with Crippen LogP contribution in [0.3, 0.4) is 0 Å². The summed E-state index contributed by atoms with van der Waals surface area (Å²) in [5, 5.41) is 47.9. The zero-order valence-corrected chi connectivity index (χ0v) is 64.3. The molecule has 3 aliphatic rings. The van der Waals surface area contributed by atoms with Crippen LogP contribution in [0.15, 0.2) is 152 Å². The van der Waals surface area contributed by atoms with Crippen molar-refractivity contribution in [2.24, 2.45) is 22.9 Å². The third-order valence-corrected chi connectivity index (χ3v) is 22.2. The molecule has 0 unspecified atom stereocenters. The highest BCUT2D eigenvalue weighted by molar-refractivity contribution is 8.76. The van der Waals surface area contributed by atoms with Crippen LogP contribution in [0.2, 0.25) is 0 Å². The number of hydrogen-bond acceptors (Lipinski definition) is 21. The molecule has 0 saturated carbocycles. The van der Waals surface area contributed by atoms with Crippen molar-refractivity contribution in [3.63, 3.8) is 0 Å². The monoisotopic (exact) mass is 1610 g/mol. The number of aromatic nitrogens is 3. The van der Waals surface area contributed by atoms with E-state index in [4.69, 9.17) is 22.9 Å². The van der Waals surface area contributed by atoms with E-state index in [1.165, 1.54) is 60.7 Å². The summed E-state index contributed by atoms with van der Waals surface area (Å²) >= 11 is 0.947. The quantitative estimate of drug-likeness (QED) is 0.0209. The Kier molecular flexibility index (Phi) is 32.0. The van der Waals surface area contributed by atoms with E-state index in [-0.39, 0.29) is 98.2 Å². The van der Waals surface area contributed by atoms with Crippen molar-refractivity contribution in [1.82, 2.24) is 73.0 Å². The fourth-order valence-corrected chi connectivity index (χ4v) is 15.9. The molecule has 0 radical (unpaired) electrons. The molecule has 113 heavy (non-hydrogen) atoms. The summed E-state index contributed by atoms with van der Waals surface area (Å²) < 4.78 is 0. The first-order valence-electron chi connectivity index (χ1n) is 36.6. The van der Waals surface area contributed by atoms with Gasteiger partial charge >= 0.3 is 0 Å². The van der Waals surface area contributed by atoms with Gasteiger partial charge in [-0.05, 0) is 90.9 Å². The largest absolute Gasteiger partial charge is 0.508 e. The van der Waals surface area contributed by atoms with E-state index >= 15 is 28.8 Å². The Morgan fingerprint density at radius 2 is 1.16 bits per heavy atom. The molecule has 10 rings (SSSR count).